The van der Waals surface area contributed by atoms with E-state index in [0.717, 1.165) is 0 Å². The first-order valence-corrected chi connectivity index (χ1v) is 5.94. The summed E-state index contributed by atoms with van der Waals surface area (Å²) in [6, 6.07) is 0. The zero-order valence-electron chi connectivity index (χ0n) is 11.3. The van der Waals surface area contributed by atoms with Crippen molar-refractivity contribution in [3.63, 3.8) is 0 Å². The summed E-state index contributed by atoms with van der Waals surface area (Å²) in [5.41, 5.74) is 3.77. The Hall–Kier alpha value is -1.46. The lowest BCUT2D eigenvalue weighted by atomic mass is 9.72. The number of amides is 1. The molecule has 0 aromatic carbocycles. The summed E-state index contributed by atoms with van der Waals surface area (Å²) in [4.78, 5) is 21.9. The van der Waals surface area contributed by atoms with Crippen LogP contribution in [0.2, 0.25) is 0 Å². The third kappa shape index (κ3) is 4.81. The second kappa shape index (κ2) is 5.04. The van der Waals surface area contributed by atoms with Crippen LogP contribution in [0.25, 0.3) is 0 Å². The maximum absolute atomic E-state index is 11.5. The van der Waals surface area contributed by atoms with E-state index in [1.165, 1.54) is 0 Å². The second-order valence-corrected chi connectivity index (χ2v) is 5.92. The van der Waals surface area contributed by atoms with Gasteiger partial charge in [0.1, 0.15) is 11.2 Å². The minimum Gasteiger partial charge on any atom is -0.449 e. The third-order valence-corrected chi connectivity index (χ3v) is 2.62. The Morgan fingerprint density at radius 3 is 2.33 bits per heavy atom. The van der Waals surface area contributed by atoms with Crippen LogP contribution in [0.4, 0.5) is 9.59 Å². The molecule has 104 valence electrons. The molecule has 0 atom stereocenters. The molecule has 1 aliphatic rings. The summed E-state index contributed by atoms with van der Waals surface area (Å²) in [6.07, 6.45) is -0.171. The average Bonchev–Trinajstić information content (AvgIpc) is 2.07. The van der Waals surface area contributed by atoms with Gasteiger partial charge >= 0.3 is 12.2 Å². The Labute approximate surface area is 107 Å². The topological polar surface area (TPSA) is 87.8 Å². The predicted octanol–water partition coefficient (Wildman–Crippen LogP) is 2.20. The number of nitrogens with two attached hydrogens (primary N) is 1. The number of hydrogen-bond acceptors (Lipinski definition) is 5. The number of carbonyl (C=O) groups excluding carboxylic acids is 2. The van der Waals surface area contributed by atoms with Crippen LogP contribution in [0.15, 0.2) is 0 Å². The van der Waals surface area contributed by atoms with Crippen molar-refractivity contribution in [1.29, 1.82) is 0 Å². The molecule has 0 bridgehead atoms. The van der Waals surface area contributed by atoms with Crippen LogP contribution in [-0.2, 0) is 14.2 Å². The van der Waals surface area contributed by atoms with Gasteiger partial charge in [-0.1, -0.05) is 0 Å². The SMILES string of the molecule is CC(C)(C)OC(=O)OC1(C)CC(COC(N)=O)C1. The first-order valence-electron chi connectivity index (χ1n) is 5.94. The Morgan fingerprint density at radius 1 is 1.33 bits per heavy atom. The normalized spacial score (nSPS) is 27.0. The molecule has 0 unspecified atom stereocenters. The molecule has 6 nitrogen and oxygen atoms in total. The van der Waals surface area contributed by atoms with Crippen molar-refractivity contribution < 1.29 is 23.8 Å². The largest absolute Gasteiger partial charge is 0.509 e. The molecule has 0 aliphatic heterocycles. The molecule has 1 aliphatic carbocycles. The van der Waals surface area contributed by atoms with Gasteiger partial charge in [-0.2, -0.15) is 0 Å². The average molecular weight is 259 g/mol. The first kappa shape index (κ1) is 14.6. The van der Waals surface area contributed by atoms with Crippen molar-refractivity contribution >= 4 is 12.2 Å². The van der Waals surface area contributed by atoms with Gasteiger partial charge in [-0.3, -0.25) is 0 Å². The minimum atomic E-state index is -0.781. The lowest BCUT2D eigenvalue weighted by molar-refractivity contribution is -0.118. The smallest absolute Gasteiger partial charge is 0.449 e. The van der Waals surface area contributed by atoms with Crippen molar-refractivity contribution in [1.82, 2.24) is 0 Å². The molecule has 1 rings (SSSR count). The fraction of sp³-hybridized carbons (Fsp3) is 0.833. The molecule has 1 fully saturated rings. The van der Waals surface area contributed by atoms with E-state index < -0.39 is 23.5 Å². The van der Waals surface area contributed by atoms with Crippen molar-refractivity contribution in [2.24, 2.45) is 11.7 Å². The zero-order chi connectivity index (χ0) is 14.0. The van der Waals surface area contributed by atoms with E-state index in [0.29, 0.717) is 12.8 Å². The Balaban J connectivity index is 2.28. The molecule has 0 spiro atoms. The molecule has 1 saturated carbocycles. The van der Waals surface area contributed by atoms with Crippen LogP contribution in [0.1, 0.15) is 40.5 Å². The van der Waals surface area contributed by atoms with E-state index in [1.807, 2.05) is 6.92 Å². The molecular formula is C12H21NO5. The standard InChI is InChI=1S/C12H21NO5/c1-11(2,3)17-10(15)18-12(4)5-8(6-12)7-16-9(13)14/h8H,5-7H2,1-4H3,(H2,13,14). The number of ether oxygens (including phenoxy) is 3. The van der Waals surface area contributed by atoms with Crippen LogP contribution < -0.4 is 5.73 Å². The van der Waals surface area contributed by atoms with Crippen molar-refractivity contribution in [2.45, 2.75) is 51.7 Å². The van der Waals surface area contributed by atoms with Gasteiger partial charge in [0, 0.05) is 5.92 Å². The molecule has 0 aromatic heterocycles. The van der Waals surface area contributed by atoms with Crippen molar-refractivity contribution in [3.05, 3.63) is 0 Å². The molecule has 0 radical (unpaired) electrons. The van der Waals surface area contributed by atoms with Gasteiger partial charge in [0.05, 0.1) is 6.61 Å². The molecular weight excluding hydrogens is 238 g/mol. The maximum Gasteiger partial charge on any atom is 0.509 e. The van der Waals surface area contributed by atoms with Gasteiger partial charge in [-0.15, -0.1) is 0 Å². The molecule has 18 heavy (non-hydrogen) atoms. The Bertz CT molecular complexity index is 328. The summed E-state index contributed by atoms with van der Waals surface area (Å²) in [7, 11) is 0. The summed E-state index contributed by atoms with van der Waals surface area (Å²) < 4.78 is 15.0. The minimum absolute atomic E-state index is 0.185. The lowest BCUT2D eigenvalue weighted by Gasteiger charge is -2.43. The fourth-order valence-corrected chi connectivity index (χ4v) is 2.03. The molecule has 0 aromatic rings. The van der Waals surface area contributed by atoms with Crippen molar-refractivity contribution in [3.8, 4) is 0 Å². The van der Waals surface area contributed by atoms with Crippen LogP contribution in [0, 0.1) is 5.92 Å². The Morgan fingerprint density at radius 2 is 1.89 bits per heavy atom. The summed E-state index contributed by atoms with van der Waals surface area (Å²) >= 11 is 0. The van der Waals surface area contributed by atoms with E-state index in [2.05, 4.69) is 0 Å². The maximum atomic E-state index is 11.5. The van der Waals surface area contributed by atoms with E-state index in [9.17, 15) is 9.59 Å². The third-order valence-electron chi connectivity index (χ3n) is 2.62. The predicted molar refractivity (Wildman–Crippen MR) is 64.0 cm³/mol. The number of rotatable bonds is 3. The van der Waals surface area contributed by atoms with Gasteiger partial charge in [0.2, 0.25) is 0 Å². The van der Waals surface area contributed by atoms with E-state index >= 15 is 0 Å². The number of carbonyl (C=O) groups is 2. The molecule has 0 saturated heterocycles. The van der Waals surface area contributed by atoms with Gasteiger partial charge in [-0.05, 0) is 40.5 Å². The molecule has 2 N–H and O–H groups in total. The van der Waals surface area contributed by atoms with Crippen LogP contribution in [-0.4, -0.2) is 30.1 Å². The molecule has 0 heterocycles. The lowest BCUT2D eigenvalue weighted by Crippen LogP contribution is -2.47. The first-order chi connectivity index (χ1) is 8.10. The number of primary amides is 1. The van der Waals surface area contributed by atoms with Gasteiger partial charge < -0.3 is 19.9 Å². The van der Waals surface area contributed by atoms with E-state index in [-0.39, 0.29) is 12.5 Å². The van der Waals surface area contributed by atoms with Crippen LogP contribution in [0.5, 0.6) is 0 Å². The van der Waals surface area contributed by atoms with Crippen LogP contribution >= 0.6 is 0 Å². The van der Waals surface area contributed by atoms with Crippen LogP contribution in [0.3, 0.4) is 0 Å². The zero-order valence-corrected chi connectivity index (χ0v) is 11.3. The number of hydrogen-bond donors (Lipinski definition) is 1. The summed E-state index contributed by atoms with van der Waals surface area (Å²) in [6.45, 7) is 7.43. The quantitative estimate of drug-likeness (QED) is 0.785. The summed E-state index contributed by atoms with van der Waals surface area (Å²) in [5.74, 6) is 0.185. The van der Waals surface area contributed by atoms with E-state index in [4.69, 9.17) is 19.9 Å². The fourth-order valence-electron chi connectivity index (χ4n) is 2.03. The highest BCUT2D eigenvalue weighted by Gasteiger charge is 2.45. The van der Waals surface area contributed by atoms with E-state index in [1.54, 1.807) is 20.8 Å². The highest BCUT2D eigenvalue weighted by atomic mass is 16.7. The van der Waals surface area contributed by atoms with Gasteiger partial charge in [0.25, 0.3) is 0 Å². The van der Waals surface area contributed by atoms with Gasteiger partial charge in [0.15, 0.2) is 0 Å². The monoisotopic (exact) mass is 259 g/mol. The molecule has 6 heteroatoms. The second-order valence-electron chi connectivity index (χ2n) is 5.92. The molecule has 1 amide bonds. The Kier molecular flexibility index (Phi) is 4.09. The summed E-state index contributed by atoms with van der Waals surface area (Å²) in [5, 5.41) is 0. The van der Waals surface area contributed by atoms with Gasteiger partial charge in [-0.25, -0.2) is 9.59 Å². The highest BCUT2D eigenvalue weighted by molar-refractivity contribution is 5.64. The van der Waals surface area contributed by atoms with Crippen molar-refractivity contribution in [2.75, 3.05) is 6.61 Å². The highest BCUT2D eigenvalue weighted by Crippen LogP contribution is 2.41.